The van der Waals surface area contributed by atoms with E-state index in [9.17, 15) is 27.9 Å². The van der Waals surface area contributed by atoms with Crippen LogP contribution in [0.1, 0.15) is 37.4 Å². The summed E-state index contributed by atoms with van der Waals surface area (Å²) in [6, 6.07) is 21.3. The molecule has 43 heavy (non-hydrogen) atoms. The quantitative estimate of drug-likeness (QED) is 0.100. The smallest absolute Gasteiger partial charge is 0.417 e. The molecule has 4 aromatic carbocycles. The van der Waals surface area contributed by atoms with Crippen molar-refractivity contribution in [1.82, 2.24) is 0 Å². The standard InChI is InChI=1S/C14H8Cl2N2O2.C8H4ClF3O.C7H6N2O/c15-9-2-1-3-10(16)13(9)14(20)18-11-6-8(7-17)4-5-12(11)19;9-7(13)5-3-1-2-4-6(5)8(10,11)12;8-4-5-1-2-7(10)6(9)3-5/h1-6,19H,(H,18,20);1-4H;1-3,10H,9H2. The normalized spacial score (nSPS) is 10.0. The summed E-state index contributed by atoms with van der Waals surface area (Å²) < 4.78 is 36.6. The number of halogens is 6. The van der Waals surface area contributed by atoms with Gasteiger partial charge in [-0.25, -0.2) is 0 Å². The molecule has 0 atom stereocenters. The summed E-state index contributed by atoms with van der Waals surface area (Å²) in [6.07, 6.45) is -4.54. The Kier molecular flexibility index (Phi) is 12.2. The molecule has 0 aliphatic carbocycles. The van der Waals surface area contributed by atoms with Crippen LogP contribution in [0.25, 0.3) is 0 Å². The average molecular weight is 650 g/mol. The third-order valence-corrected chi connectivity index (χ3v) is 6.00. The number of rotatable bonds is 3. The van der Waals surface area contributed by atoms with E-state index >= 15 is 0 Å². The fourth-order valence-corrected chi connectivity index (χ4v) is 3.86. The molecule has 8 nitrogen and oxygen atoms in total. The largest absolute Gasteiger partial charge is 0.506 e. The van der Waals surface area contributed by atoms with Crippen molar-refractivity contribution in [2.75, 3.05) is 11.1 Å². The number of nitrogen functional groups attached to an aromatic ring is 1. The number of phenols is 2. The molecule has 4 aromatic rings. The van der Waals surface area contributed by atoms with Crippen LogP contribution in [0, 0.1) is 22.7 Å². The highest BCUT2D eigenvalue weighted by atomic mass is 35.5. The lowest BCUT2D eigenvalue weighted by molar-refractivity contribution is -0.137. The molecule has 0 radical (unpaired) electrons. The van der Waals surface area contributed by atoms with E-state index in [4.69, 9.17) is 56.2 Å². The Hall–Kier alpha value is -4.94. The number of carbonyl (C=O) groups excluding carboxylic acids is 2. The minimum absolute atomic E-state index is 0.0130. The van der Waals surface area contributed by atoms with Gasteiger partial charge in [0.15, 0.2) is 0 Å². The molecule has 1 amide bonds. The maximum Gasteiger partial charge on any atom is 0.417 e. The van der Waals surface area contributed by atoms with Gasteiger partial charge >= 0.3 is 6.18 Å². The number of nitrogens with two attached hydrogens (primary N) is 1. The molecular formula is C29H18Cl3F3N4O4. The highest BCUT2D eigenvalue weighted by molar-refractivity contribution is 6.67. The summed E-state index contributed by atoms with van der Waals surface area (Å²) in [7, 11) is 0. The van der Waals surface area contributed by atoms with Crippen LogP contribution < -0.4 is 11.1 Å². The van der Waals surface area contributed by atoms with Gasteiger partial charge in [0.05, 0.1) is 55.8 Å². The van der Waals surface area contributed by atoms with Crippen molar-refractivity contribution >= 4 is 57.3 Å². The zero-order valence-corrected chi connectivity index (χ0v) is 23.7. The minimum Gasteiger partial charge on any atom is -0.506 e. The number of hydrogen-bond acceptors (Lipinski definition) is 7. The number of aromatic hydroxyl groups is 2. The SMILES string of the molecule is N#Cc1ccc(O)c(N)c1.N#Cc1ccc(O)c(NC(=O)c2c(Cl)cccc2Cl)c1.O=C(Cl)c1ccccc1C(F)(F)F. The van der Waals surface area contributed by atoms with E-state index in [-0.39, 0.29) is 38.5 Å². The number of amides is 1. The van der Waals surface area contributed by atoms with Crippen LogP contribution in [0.5, 0.6) is 11.5 Å². The summed E-state index contributed by atoms with van der Waals surface area (Å²) in [5.74, 6) is -0.703. The van der Waals surface area contributed by atoms with Gasteiger partial charge in [-0.1, -0.05) is 41.4 Å². The van der Waals surface area contributed by atoms with E-state index in [1.807, 2.05) is 12.1 Å². The van der Waals surface area contributed by atoms with Crippen LogP contribution in [-0.2, 0) is 6.18 Å². The number of alkyl halides is 3. The molecule has 0 bridgehead atoms. The van der Waals surface area contributed by atoms with Gasteiger partial charge in [-0.2, -0.15) is 23.7 Å². The summed E-state index contributed by atoms with van der Waals surface area (Å²) in [5.41, 5.74) is 5.00. The van der Waals surface area contributed by atoms with Crippen LogP contribution in [0.4, 0.5) is 24.5 Å². The first-order valence-corrected chi connectivity index (χ1v) is 12.7. The minimum atomic E-state index is -4.54. The van der Waals surface area contributed by atoms with Gasteiger partial charge in [-0.05, 0) is 72.3 Å². The molecule has 5 N–H and O–H groups in total. The molecular weight excluding hydrogens is 632 g/mol. The number of hydrogen-bond donors (Lipinski definition) is 4. The maximum atomic E-state index is 12.2. The van der Waals surface area contributed by atoms with E-state index < -0.39 is 28.5 Å². The summed E-state index contributed by atoms with van der Waals surface area (Å²) >= 11 is 16.8. The molecule has 0 aliphatic rings. The van der Waals surface area contributed by atoms with Gasteiger partial charge in [-0.3, -0.25) is 9.59 Å². The van der Waals surface area contributed by atoms with E-state index in [2.05, 4.69) is 5.32 Å². The Balaban J connectivity index is 0.000000242. The molecule has 0 aliphatic heterocycles. The van der Waals surface area contributed by atoms with Gasteiger partial charge in [0.1, 0.15) is 11.5 Å². The number of nitrogens with zero attached hydrogens (tertiary/aromatic N) is 2. The number of phenolic OH excluding ortho intramolecular Hbond substituents is 2. The van der Waals surface area contributed by atoms with Crippen LogP contribution in [-0.4, -0.2) is 21.4 Å². The van der Waals surface area contributed by atoms with E-state index in [1.165, 1.54) is 60.7 Å². The van der Waals surface area contributed by atoms with Gasteiger partial charge in [0.2, 0.25) is 0 Å². The monoisotopic (exact) mass is 648 g/mol. The maximum absolute atomic E-state index is 12.2. The first-order valence-electron chi connectivity index (χ1n) is 11.5. The second kappa shape index (κ2) is 15.3. The highest BCUT2D eigenvalue weighted by Gasteiger charge is 2.34. The molecule has 4 rings (SSSR count). The van der Waals surface area contributed by atoms with Crippen molar-refractivity contribution in [3.63, 3.8) is 0 Å². The number of anilines is 2. The first kappa shape index (κ1) is 34.3. The molecule has 0 saturated carbocycles. The third-order valence-electron chi connectivity index (χ3n) is 5.16. The zero-order valence-electron chi connectivity index (χ0n) is 21.5. The number of benzene rings is 4. The van der Waals surface area contributed by atoms with Crippen molar-refractivity contribution in [2.24, 2.45) is 0 Å². The summed E-state index contributed by atoms with van der Waals surface area (Å²) in [4.78, 5) is 22.7. The first-order chi connectivity index (χ1) is 20.2. The third kappa shape index (κ3) is 9.83. The number of nitrogens with one attached hydrogen (secondary N) is 1. The molecule has 0 saturated heterocycles. The predicted molar refractivity (Wildman–Crippen MR) is 156 cm³/mol. The fourth-order valence-electron chi connectivity index (χ4n) is 3.13. The van der Waals surface area contributed by atoms with Crippen molar-refractivity contribution in [3.05, 3.63) is 117 Å². The van der Waals surface area contributed by atoms with Crippen LogP contribution in [0.2, 0.25) is 10.0 Å². The van der Waals surface area contributed by atoms with Crippen molar-refractivity contribution < 1.29 is 33.0 Å². The zero-order chi connectivity index (χ0) is 32.3. The van der Waals surface area contributed by atoms with Crippen LogP contribution in [0.3, 0.4) is 0 Å². The Morgan fingerprint density at radius 1 is 0.814 bits per heavy atom. The lowest BCUT2D eigenvalue weighted by Crippen LogP contribution is -2.13. The molecule has 14 heteroatoms. The number of carbonyl (C=O) groups is 2. The van der Waals surface area contributed by atoms with E-state index in [1.54, 1.807) is 6.07 Å². The van der Waals surface area contributed by atoms with E-state index in [0.717, 1.165) is 12.1 Å². The summed E-state index contributed by atoms with van der Waals surface area (Å²) in [5, 5.41) is 37.5. The molecule has 0 unspecified atom stereocenters. The lowest BCUT2D eigenvalue weighted by Gasteiger charge is -2.10. The van der Waals surface area contributed by atoms with Gasteiger partial charge < -0.3 is 21.3 Å². The van der Waals surface area contributed by atoms with E-state index in [0.29, 0.717) is 11.1 Å². The predicted octanol–water partition coefficient (Wildman–Crippen LogP) is 7.75. The molecule has 0 fully saturated rings. The Labute approximate surface area is 257 Å². The molecule has 0 aromatic heterocycles. The second-order valence-electron chi connectivity index (χ2n) is 8.10. The van der Waals surface area contributed by atoms with Gasteiger partial charge in [0, 0.05) is 5.56 Å². The molecule has 0 heterocycles. The van der Waals surface area contributed by atoms with Crippen molar-refractivity contribution in [2.45, 2.75) is 6.18 Å². The lowest BCUT2D eigenvalue weighted by atomic mass is 10.1. The Bertz CT molecular complexity index is 1720. The Morgan fingerprint density at radius 2 is 1.35 bits per heavy atom. The van der Waals surface area contributed by atoms with Crippen LogP contribution >= 0.6 is 34.8 Å². The topological polar surface area (TPSA) is 160 Å². The van der Waals surface area contributed by atoms with Gasteiger partial charge in [-0.15, -0.1) is 0 Å². The molecule has 220 valence electrons. The Morgan fingerprint density at radius 3 is 1.84 bits per heavy atom. The van der Waals surface area contributed by atoms with Gasteiger partial charge in [0.25, 0.3) is 11.1 Å². The average Bonchev–Trinajstić information content (AvgIpc) is 2.96. The second-order valence-corrected chi connectivity index (χ2v) is 9.25. The van der Waals surface area contributed by atoms with Crippen molar-refractivity contribution in [1.29, 1.82) is 10.5 Å². The van der Waals surface area contributed by atoms with Crippen molar-refractivity contribution in [3.8, 4) is 23.6 Å². The number of nitriles is 2. The molecule has 0 spiro atoms. The summed E-state index contributed by atoms with van der Waals surface area (Å²) in [6.45, 7) is 0. The fraction of sp³-hybridized carbons (Fsp3) is 0.0345. The highest BCUT2D eigenvalue weighted by Crippen LogP contribution is 2.32. The van der Waals surface area contributed by atoms with Crippen LogP contribution in [0.15, 0.2) is 78.9 Å².